The molecule has 0 fully saturated rings. The van der Waals surface area contributed by atoms with Crippen LogP contribution in [0.3, 0.4) is 0 Å². The standard InChI is InChI=1S/C17H28N4O3/c1-16(2,9-10-24-17(3,4)19)15(23)20-11-14(22)21-13-7-5-12(18)6-8-13/h5-8H,9-11,18-19H2,1-4H3,(H,20,23)(H,21,22). The molecule has 0 aliphatic rings. The number of carbonyl (C=O) groups excluding carboxylic acids is 2. The number of amides is 2. The van der Waals surface area contributed by atoms with E-state index in [4.69, 9.17) is 16.2 Å². The van der Waals surface area contributed by atoms with Gasteiger partial charge in [-0.15, -0.1) is 0 Å². The largest absolute Gasteiger partial charge is 0.399 e. The van der Waals surface area contributed by atoms with Crippen LogP contribution in [0.25, 0.3) is 0 Å². The first-order chi connectivity index (χ1) is 11.0. The molecule has 0 atom stereocenters. The van der Waals surface area contributed by atoms with Crippen LogP contribution in [0.5, 0.6) is 0 Å². The van der Waals surface area contributed by atoms with Gasteiger partial charge in [-0.25, -0.2) is 0 Å². The molecule has 6 N–H and O–H groups in total. The Morgan fingerprint density at radius 3 is 2.25 bits per heavy atom. The smallest absolute Gasteiger partial charge is 0.243 e. The van der Waals surface area contributed by atoms with Crippen LogP contribution in [0.4, 0.5) is 11.4 Å². The first-order valence-electron chi connectivity index (χ1n) is 7.86. The lowest BCUT2D eigenvalue weighted by atomic mass is 9.88. The Morgan fingerprint density at radius 1 is 1.12 bits per heavy atom. The second kappa shape index (κ2) is 8.12. The van der Waals surface area contributed by atoms with Gasteiger partial charge in [-0.3, -0.25) is 9.59 Å². The van der Waals surface area contributed by atoms with Gasteiger partial charge in [0.1, 0.15) is 5.72 Å². The van der Waals surface area contributed by atoms with Gasteiger partial charge in [-0.2, -0.15) is 0 Å². The molecule has 1 aromatic rings. The summed E-state index contributed by atoms with van der Waals surface area (Å²) in [5, 5.41) is 5.33. The minimum atomic E-state index is -0.731. The molecule has 0 aromatic heterocycles. The molecule has 0 unspecified atom stereocenters. The second-order valence-electron chi connectivity index (χ2n) is 6.94. The molecule has 134 valence electrons. The van der Waals surface area contributed by atoms with E-state index in [9.17, 15) is 9.59 Å². The third kappa shape index (κ3) is 7.43. The van der Waals surface area contributed by atoms with Gasteiger partial charge < -0.3 is 26.8 Å². The third-order valence-electron chi connectivity index (χ3n) is 3.42. The SMILES string of the molecule is CC(C)(N)OCCC(C)(C)C(=O)NCC(=O)Nc1ccc(N)cc1. The van der Waals surface area contributed by atoms with Crippen molar-refractivity contribution in [2.45, 2.75) is 39.8 Å². The fourth-order valence-corrected chi connectivity index (χ4v) is 1.85. The first kappa shape index (κ1) is 19.9. The van der Waals surface area contributed by atoms with E-state index < -0.39 is 11.1 Å². The lowest BCUT2D eigenvalue weighted by Gasteiger charge is -2.26. The predicted octanol–water partition coefficient (Wildman–Crippen LogP) is 1.45. The summed E-state index contributed by atoms with van der Waals surface area (Å²) in [6.45, 7) is 7.36. The van der Waals surface area contributed by atoms with E-state index in [1.54, 1.807) is 52.0 Å². The molecule has 0 saturated carbocycles. The van der Waals surface area contributed by atoms with E-state index in [-0.39, 0.29) is 18.4 Å². The van der Waals surface area contributed by atoms with Gasteiger partial charge in [0, 0.05) is 23.4 Å². The lowest BCUT2D eigenvalue weighted by Crippen LogP contribution is -2.42. The van der Waals surface area contributed by atoms with E-state index in [1.165, 1.54) is 0 Å². The summed E-state index contributed by atoms with van der Waals surface area (Å²) in [5.41, 5.74) is 11.2. The van der Waals surface area contributed by atoms with Crippen LogP contribution in [0.2, 0.25) is 0 Å². The summed E-state index contributed by atoms with van der Waals surface area (Å²) in [6, 6.07) is 6.78. The number of benzene rings is 1. The molecule has 7 heteroatoms. The number of ether oxygens (including phenoxy) is 1. The van der Waals surface area contributed by atoms with Crippen molar-refractivity contribution in [2.75, 3.05) is 24.2 Å². The van der Waals surface area contributed by atoms with Gasteiger partial charge in [0.15, 0.2) is 0 Å². The number of carbonyl (C=O) groups is 2. The summed E-state index contributed by atoms with van der Waals surface area (Å²) in [6.07, 6.45) is 0.499. The van der Waals surface area contributed by atoms with Gasteiger partial charge >= 0.3 is 0 Å². The van der Waals surface area contributed by atoms with Crippen molar-refractivity contribution in [2.24, 2.45) is 11.1 Å². The number of hydrogen-bond donors (Lipinski definition) is 4. The summed E-state index contributed by atoms with van der Waals surface area (Å²) >= 11 is 0. The predicted molar refractivity (Wildman–Crippen MR) is 95.1 cm³/mol. The highest BCUT2D eigenvalue weighted by molar-refractivity contribution is 5.95. The fraction of sp³-hybridized carbons (Fsp3) is 0.529. The van der Waals surface area contributed by atoms with Crippen molar-refractivity contribution in [1.82, 2.24) is 5.32 Å². The Labute approximate surface area is 143 Å². The van der Waals surface area contributed by atoms with Crippen molar-refractivity contribution in [3.05, 3.63) is 24.3 Å². The monoisotopic (exact) mass is 336 g/mol. The van der Waals surface area contributed by atoms with E-state index in [0.29, 0.717) is 24.4 Å². The Morgan fingerprint density at radius 2 is 1.71 bits per heavy atom. The lowest BCUT2D eigenvalue weighted by molar-refractivity contribution is -0.132. The zero-order valence-electron chi connectivity index (χ0n) is 14.8. The molecule has 1 rings (SSSR count). The third-order valence-corrected chi connectivity index (χ3v) is 3.42. The van der Waals surface area contributed by atoms with Crippen LogP contribution >= 0.6 is 0 Å². The molecule has 7 nitrogen and oxygen atoms in total. The second-order valence-corrected chi connectivity index (χ2v) is 6.94. The summed E-state index contributed by atoms with van der Waals surface area (Å²) < 4.78 is 5.44. The van der Waals surface area contributed by atoms with E-state index in [0.717, 1.165) is 0 Å². The summed E-state index contributed by atoms with van der Waals surface area (Å²) in [5.74, 6) is -0.517. The molecule has 24 heavy (non-hydrogen) atoms. The molecular formula is C17H28N4O3. The topological polar surface area (TPSA) is 119 Å². The minimum Gasteiger partial charge on any atom is -0.399 e. The van der Waals surface area contributed by atoms with Gasteiger partial charge in [-0.05, 0) is 44.5 Å². The van der Waals surface area contributed by atoms with Crippen molar-refractivity contribution < 1.29 is 14.3 Å². The minimum absolute atomic E-state index is 0.101. The Balaban J connectivity index is 2.40. The van der Waals surface area contributed by atoms with Crippen LogP contribution in [0.1, 0.15) is 34.1 Å². The molecule has 0 aliphatic heterocycles. The van der Waals surface area contributed by atoms with Gasteiger partial charge in [-0.1, -0.05) is 13.8 Å². The zero-order valence-corrected chi connectivity index (χ0v) is 14.8. The normalized spacial score (nSPS) is 11.9. The highest BCUT2D eigenvalue weighted by Crippen LogP contribution is 2.21. The Kier molecular flexibility index (Phi) is 6.74. The number of hydrogen-bond acceptors (Lipinski definition) is 5. The van der Waals surface area contributed by atoms with Crippen LogP contribution in [-0.2, 0) is 14.3 Å². The van der Waals surface area contributed by atoms with Gasteiger partial charge in [0.25, 0.3) is 0 Å². The number of nitrogen functional groups attached to an aromatic ring is 1. The van der Waals surface area contributed by atoms with Crippen molar-refractivity contribution in [1.29, 1.82) is 0 Å². The number of nitrogens with two attached hydrogens (primary N) is 2. The highest BCUT2D eigenvalue weighted by atomic mass is 16.5. The molecule has 0 saturated heterocycles. The molecule has 0 heterocycles. The maximum atomic E-state index is 12.2. The molecule has 0 radical (unpaired) electrons. The Hall–Kier alpha value is -2.12. The first-order valence-corrected chi connectivity index (χ1v) is 7.86. The average Bonchev–Trinajstić information content (AvgIpc) is 2.45. The van der Waals surface area contributed by atoms with E-state index in [1.807, 2.05) is 0 Å². The fourth-order valence-electron chi connectivity index (χ4n) is 1.85. The molecule has 0 aliphatic carbocycles. The van der Waals surface area contributed by atoms with E-state index in [2.05, 4.69) is 10.6 Å². The van der Waals surface area contributed by atoms with Crippen molar-refractivity contribution >= 4 is 23.2 Å². The van der Waals surface area contributed by atoms with Crippen LogP contribution < -0.4 is 22.1 Å². The molecule has 0 spiro atoms. The maximum absolute atomic E-state index is 12.2. The van der Waals surface area contributed by atoms with Gasteiger partial charge in [0.05, 0.1) is 6.54 Å². The molecule has 1 aromatic carbocycles. The molecule has 0 bridgehead atoms. The van der Waals surface area contributed by atoms with Gasteiger partial charge in [0.2, 0.25) is 11.8 Å². The highest BCUT2D eigenvalue weighted by Gasteiger charge is 2.28. The average molecular weight is 336 g/mol. The number of nitrogens with one attached hydrogen (secondary N) is 2. The quantitative estimate of drug-likeness (QED) is 0.423. The van der Waals surface area contributed by atoms with Crippen molar-refractivity contribution in [3.8, 4) is 0 Å². The maximum Gasteiger partial charge on any atom is 0.243 e. The number of rotatable bonds is 8. The molecule has 2 amide bonds. The van der Waals surface area contributed by atoms with Crippen LogP contribution in [-0.4, -0.2) is 30.7 Å². The number of anilines is 2. The van der Waals surface area contributed by atoms with Crippen molar-refractivity contribution in [3.63, 3.8) is 0 Å². The summed E-state index contributed by atoms with van der Waals surface area (Å²) in [4.78, 5) is 24.1. The van der Waals surface area contributed by atoms with E-state index >= 15 is 0 Å². The molecular weight excluding hydrogens is 308 g/mol. The van der Waals surface area contributed by atoms with Crippen LogP contribution in [0, 0.1) is 5.41 Å². The zero-order chi connectivity index (χ0) is 18.4. The Bertz CT molecular complexity index is 562. The summed E-state index contributed by atoms with van der Waals surface area (Å²) in [7, 11) is 0. The van der Waals surface area contributed by atoms with Crippen LogP contribution in [0.15, 0.2) is 24.3 Å².